The molecule has 0 aliphatic heterocycles. The van der Waals surface area contributed by atoms with Crippen molar-refractivity contribution < 1.29 is 0 Å². The molecule has 0 aliphatic rings. The standard InChI is InChI=1S/CN.2N3/c1-2;2*1-3-2/q3*-1. The number of rotatable bonds is 0. The maximum atomic E-state index is 6.75. The van der Waals surface area contributed by atoms with Gasteiger partial charge in [-0.2, -0.15) is 0 Å². The molecular weight excluding hydrogens is 110 g/mol. The van der Waals surface area contributed by atoms with Gasteiger partial charge >= 0.3 is 0 Å². The molecule has 0 aromatic heterocycles. The number of nitrogens with zero attached hydrogens (tertiary/aromatic N) is 7. The van der Waals surface area contributed by atoms with Gasteiger partial charge < -0.3 is 34.0 Å². The molecule has 0 saturated carbocycles. The minimum absolute atomic E-state index is 1.50. The third kappa shape index (κ3) is 11.1. The first-order valence-electron chi connectivity index (χ1n) is 1.02. The third-order valence-corrected chi connectivity index (χ3v) is 0. The Bertz CT molecular complexity index is 84.8. The summed E-state index contributed by atoms with van der Waals surface area (Å²) in [5.41, 5.74) is 27.0. The van der Waals surface area contributed by atoms with Crippen molar-refractivity contribution in [2.24, 2.45) is 0 Å². The summed E-state index contributed by atoms with van der Waals surface area (Å²) in [6.45, 7) is 4.75. The van der Waals surface area contributed by atoms with Crippen LogP contribution in [0.15, 0.2) is 0 Å². The highest BCUT2D eigenvalue weighted by molar-refractivity contribution is 4.36. The molecule has 0 aliphatic carbocycles. The van der Waals surface area contributed by atoms with Crippen LogP contribution in [0.4, 0.5) is 0 Å². The molecule has 0 saturated heterocycles. The van der Waals surface area contributed by atoms with E-state index in [0.717, 1.165) is 0 Å². The number of hydrogen-bond donors (Lipinski definition) is 0. The smallest absolute Gasteiger partial charge is 0.255 e. The van der Waals surface area contributed by atoms with Crippen LogP contribution in [0, 0.1) is 11.8 Å². The zero-order chi connectivity index (χ0) is 7.41. The molecule has 0 N–H and O–H groups in total. The molecule has 42 valence electrons. The van der Waals surface area contributed by atoms with Gasteiger partial charge in [0.15, 0.2) is 0 Å². The highest BCUT2D eigenvalue weighted by atomic mass is 15.0. The van der Waals surface area contributed by atoms with Gasteiger partial charge in [-0.25, -0.2) is 0 Å². The Balaban J connectivity index is -0.0000000483. The van der Waals surface area contributed by atoms with Crippen LogP contribution >= 0.6 is 0 Å². The normalized spacial score (nSPS) is 2.25. The lowest BCUT2D eigenvalue weighted by Crippen LogP contribution is -0.711. The van der Waals surface area contributed by atoms with Crippen molar-refractivity contribution >= 4 is 0 Å². The van der Waals surface area contributed by atoms with Gasteiger partial charge in [-0.15, -0.1) is 0 Å². The predicted molar refractivity (Wildman–Crippen MR) is 25.1 cm³/mol. The molecule has 0 rings (SSSR count). The van der Waals surface area contributed by atoms with E-state index < -0.39 is 0 Å². The first-order valence-corrected chi connectivity index (χ1v) is 1.02. The topological polar surface area (TPSA) is 141 Å². The van der Waals surface area contributed by atoms with E-state index in [-0.39, 0.29) is 0 Å². The predicted octanol–water partition coefficient (Wildman–Crippen LogP) is 1.83. The second kappa shape index (κ2) is 7130. The third-order valence-electron chi connectivity index (χ3n) is 0. The van der Waals surface area contributed by atoms with Gasteiger partial charge in [-0.05, 0) is 0 Å². The fraction of sp³-hybridized carbons (Fsp3) is 0. The second-order valence-electron chi connectivity index (χ2n) is 0.179. The summed E-state index contributed by atoms with van der Waals surface area (Å²) in [6.07, 6.45) is 0. The summed E-state index contributed by atoms with van der Waals surface area (Å²) in [6, 6.07) is 0. The summed E-state index contributed by atoms with van der Waals surface area (Å²) >= 11 is 0. The minimum Gasteiger partial charge on any atom is -0.512 e. The highest BCUT2D eigenvalue weighted by Gasteiger charge is 0.691. The van der Waals surface area contributed by atoms with Crippen LogP contribution in [-0.2, 0) is 0 Å². The molecular formula is CN7-3. The summed E-state index contributed by atoms with van der Waals surface area (Å²) in [4.78, 5) is 3.00. The Hall–Kier alpha value is -1.89. The first-order chi connectivity index (χ1) is 3.83. The molecule has 7 nitrogen and oxygen atoms in total. The molecule has 0 spiro atoms. The highest BCUT2D eigenvalue weighted by Crippen LogP contribution is 1.29. The van der Waals surface area contributed by atoms with E-state index in [0.29, 0.717) is 0 Å². The average Bonchev–Trinajstić information content (AvgIpc) is 1.75. The first kappa shape index (κ1) is 16.5. The Kier molecular flexibility index (Phi) is 14700. The van der Waals surface area contributed by atoms with Gasteiger partial charge in [-0.1, -0.05) is 0 Å². The average molecular weight is 110 g/mol. The van der Waals surface area contributed by atoms with Crippen molar-refractivity contribution in [2.45, 2.75) is 0 Å². The van der Waals surface area contributed by atoms with Gasteiger partial charge in [0, 0.05) is 0 Å². The second-order valence-corrected chi connectivity index (χ2v) is 0.179. The molecule has 0 heterocycles. The summed E-state index contributed by atoms with van der Waals surface area (Å²) in [5.74, 6) is 0. The molecule has 0 aromatic carbocycles. The molecule has 0 atom stereocenters. The lowest BCUT2D eigenvalue weighted by Gasteiger charge is -1.32. The molecule has 8 heavy (non-hydrogen) atoms. The van der Waals surface area contributed by atoms with E-state index in [1.54, 1.807) is 0 Å². The molecule has 0 radical (unpaired) electrons. The van der Waals surface area contributed by atoms with E-state index in [4.69, 9.17) is 34.0 Å². The van der Waals surface area contributed by atoms with Crippen LogP contribution in [0.25, 0.3) is 31.9 Å². The van der Waals surface area contributed by atoms with Gasteiger partial charge in [0.2, 0.25) is 0 Å². The van der Waals surface area contributed by atoms with Crippen molar-refractivity contribution in [3.8, 4) is 0 Å². The summed E-state index contributed by atoms with van der Waals surface area (Å²) < 4.78 is 0. The van der Waals surface area contributed by atoms with E-state index in [2.05, 4.69) is 0 Å². The van der Waals surface area contributed by atoms with Crippen molar-refractivity contribution in [2.75, 3.05) is 0 Å². The molecule has 0 amide bonds. The van der Waals surface area contributed by atoms with Gasteiger partial charge in [0.25, 0.3) is 0 Å². The van der Waals surface area contributed by atoms with Crippen molar-refractivity contribution in [3.05, 3.63) is 38.5 Å². The maximum Gasteiger partial charge on any atom is -0.255 e. The van der Waals surface area contributed by atoms with E-state index >= 15 is 0 Å². The van der Waals surface area contributed by atoms with E-state index in [1.165, 1.54) is 9.82 Å². The zero-order valence-electron chi connectivity index (χ0n) is 3.63. The largest absolute Gasteiger partial charge is 0.512 e. The van der Waals surface area contributed by atoms with Crippen LogP contribution in [0.2, 0.25) is 0 Å². The monoisotopic (exact) mass is 110 g/mol. The van der Waals surface area contributed by atoms with Crippen LogP contribution in [0.1, 0.15) is 0 Å². The Morgan fingerprint density at radius 2 is 0.875 bits per heavy atom. The van der Waals surface area contributed by atoms with E-state index in [9.17, 15) is 0 Å². The fourth-order valence-corrected chi connectivity index (χ4v) is 0. The number of hydrogen-bond acceptors (Lipinski definition) is 1. The van der Waals surface area contributed by atoms with Crippen LogP contribution in [-0.4, -0.2) is 0 Å². The lowest BCUT2D eigenvalue weighted by atomic mass is 11.9. The van der Waals surface area contributed by atoms with E-state index in [1.807, 2.05) is 0 Å². The Morgan fingerprint density at radius 3 is 0.875 bits per heavy atom. The quantitative estimate of drug-likeness (QED) is 0.199. The van der Waals surface area contributed by atoms with Crippen molar-refractivity contribution in [1.29, 1.82) is 5.26 Å². The molecule has 0 unspecified atom stereocenters. The lowest BCUT2D eigenvalue weighted by molar-refractivity contribution is 1.53. The van der Waals surface area contributed by atoms with Crippen LogP contribution in [0.3, 0.4) is 0 Å². The van der Waals surface area contributed by atoms with Gasteiger partial charge in [-0.3, -0.25) is 9.82 Å². The summed E-state index contributed by atoms with van der Waals surface area (Å²) in [5, 5.41) is 6.25. The van der Waals surface area contributed by atoms with Crippen molar-refractivity contribution in [1.82, 2.24) is 0 Å². The molecule has 0 bridgehead atoms. The molecule has 0 aromatic rings. The van der Waals surface area contributed by atoms with Crippen molar-refractivity contribution in [3.63, 3.8) is 0 Å². The molecule has 0 fully saturated rings. The summed E-state index contributed by atoms with van der Waals surface area (Å²) in [7, 11) is 0. The Labute approximate surface area is 45.0 Å². The van der Waals surface area contributed by atoms with Gasteiger partial charge in [0.1, 0.15) is 0 Å². The maximum absolute atomic E-state index is 6.75. The minimum atomic E-state index is 1.50. The van der Waals surface area contributed by atoms with Crippen LogP contribution in [0.5, 0.6) is 0 Å². The Morgan fingerprint density at radius 1 is 0.875 bits per heavy atom. The van der Waals surface area contributed by atoms with Crippen LogP contribution < -0.4 is 0 Å². The zero-order valence-corrected chi connectivity index (χ0v) is 3.63. The fourth-order valence-electron chi connectivity index (χ4n) is 0. The molecule has 7 heteroatoms. The van der Waals surface area contributed by atoms with Gasteiger partial charge in [0.05, 0.1) is 0 Å². The SMILES string of the molecule is [C-]#N.[N-]=[N+]=[N-].[N-]=[N+]=[N-].